The Morgan fingerprint density at radius 1 is 1.15 bits per heavy atom. The molecule has 1 N–H and O–H groups in total. The highest BCUT2D eigenvalue weighted by atomic mass is 35.5. The fraction of sp³-hybridized carbons (Fsp3) is 0.278. The number of carbonyl (C=O) groups is 1. The number of hydrogen-bond donors (Lipinski definition) is 1. The van der Waals surface area contributed by atoms with Gasteiger partial charge < -0.3 is 19.5 Å². The number of anilines is 1. The normalized spacial score (nSPS) is 13.6. The van der Waals surface area contributed by atoms with Gasteiger partial charge in [-0.05, 0) is 12.1 Å². The number of nitrogens with one attached hydrogen (secondary N) is 1. The Labute approximate surface area is 158 Å². The number of alkyl halides is 3. The van der Waals surface area contributed by atoms with Gasteiger partial charge in [0, 0.05) is 18.6 Å². The zero-order valence-corrected chi connectivity index (χ0v) is 14.7. The number of benzene rings is 2. The van der Waals surface area contributed by atoms with Crippen LogP contribution < -0.4 is 19.5 Å². The molecule has 0 radical (unpaired) electrons. The van der Waals surface area contributed by atoms with Crippen LogP contribution in [0.1, 0.15) is 12.0 Å². The van der Waals surface area contributed by atoms with Crippen molar-refractivity contribution < 1.29 is 32.2 Å². The summed E-state index contributed by atoms with van der Waals surface area (Å²) in [6.07, 6.45) is -3.87. The SMILES string of the molecule is O=C(COc1ccccc1C(F)(F)F)Nc1cc2c(cc1Cl)OCCCO2. The molecule has 0 bridgehead atoms. The topological polar surface area (TPSA) is 56.8 Å². The van der Waals surface area contributed by atoms with E-state index in [9.17, 15) is 18.0 Å². The summed E-state index contributed by atoms with van der Waals surface area (Å²) in [5, 5.41) is 2.71. The lowest BCUT2D eigenvalue weighted by Gasteiger charge is -2.15. The van der Waals surface area contributed by atoms with E-state index in [0.717, 1.165) is 12.1 Å². The average molecular weight is 402 g/mol. The predicted molar refractivity (Wildman–Crippen MR) is 92.6 cm³/mol. The summed E-state index contributed by atoms with van der Waals surface area (Å²) in [7, 11) is 0. The summed E-state index contributed by atoms with van der Waals surface area (Å²) in [5.41, 5.74) is -0.704. The molecule has 2 aromatic rings. The molecule has 1 aliphatic heterocycles. The third kappa shape index (κ3) is 4.77. The van der Waals surface area contributed by atoms with E-state index >= 15 is 0 Å². The molecule has 1 heterocycles. The third-order valence-corrected chi connectivity index (χ3v) is 3.98. The average Bonchev–Trinajstić information content (AvgIpc) is 2.84. The first kappa shape index (κ1) is 19.2. The fourth-order valence-electron chi connectivity index (χ4n) is 2.44. The monoisotopic (exact) mass is 401 g/mol. The second kappa shape index (κ2) is 7.96. The van der Waals surface area contributed by atoms with E-state index in [-0.39, 0.29) is 10.7 Å². The van der Waals surface area contributed by atoms with Crippen LogP contribution >= 0.6 is 11.6 Å². The molecule has 2 aromatic carbocycles. The highest BCUT2D eigenvalue weighted by Crippen LogP contribution is 2.38. The van der Waals surface area contributed by atoms with E-state index in [1.807, 2.05) is 0 Å². The van der Waals surface area contributed by atoms with Gasteiger partial charge >= 0.3 is 6.18 Å². The Bertz CT molecular complexity index is 842. The van der Waals surface area contributed by atoms with Gasteiger partial charge in [-0.1, -0.05) is 23.7 Å². The lowest BCUT2D eigenvalue weighted by Crippen LogP contribution is -2.21. The second-order valence-corrected chi connectivity index (χ2v) is 6.07. The molecule has 0 unspecified atom stereocenters. The van der Waals surface area contributed by atoms with Crippen LogP contribution in [0.25, 0.3) is 0 Å². The minimum absolute atomic E-state index is 0.211. The van der Waals surface area contributed by atoms with Crippen LogP contribution in [0.4, 0.5) is 18.9 Å². The Morgan fingerprint density at radius 2 is 1.81 bits per heavy atom. The van der Waals surface area contributed by atoms with Crippen molar-refractivity contribution in [2.24, 2.45) is 0 Å². The Balaban J connectivity index is 1.68. The molecule has 0 atom stereocenters. The van der Waals surface area contributed by atoms with Crippen molar-refractivity contribution >= 4 is 23.2 Å². The molecule has 0 fully saturated rings. The van der Waals surface area contributed by atoms with E-state index in [2.05, 4.69) is 5.32 Å². The molecule has 3 rings (SSSR count). The van der Waals surface area contributed by atoms with Crippen LogP contribution in [0.5, 0.6) is 17.2 Å². The maximum Gasteiger partial charge on any atom is 0.419 e. The van der Waals surface area contributed by atoms with Gasteiger partial charge in [0.2, 0.25) is 0 Å². The van der Waals surface area contributed by atoms with Gasteiger partial charge in [0.05, 0.1) is 29.5 Å². The number of fused-ring (bicyclic) bond motifs is 1. The van der Waals surface area contributed by atoms with Gasteiger partial charge in [-0.2, -0.15) is 13.2 Å². The molecule has 1 aliphatic rings. The molecular weight excluding hydrogens is 387 g/mol. The van der Waals surface area contributed by atoms with Crippen LogP contribution in [-0.2, 0) is 11.0 Å². The minimum atomic E-state index is -4.58. The van der Waals surface area contributed by atoms with Gasteiger partial charge in [-0.3, -0.25) is 4.79 Å². The number of ether oxygens (including phenoxy) is 3. The maximum atomic E-state index is 12.9. The smallest absolute Gasteiger partial charge is 0.419 e. The lowest BCUT2D eigenvalue weighted by molar-refractivity contribution is -0.139. The molecule has 0 aliphatic carbocycles. The molecular formula is C18H15ClF3NO4. The van der Waals surface area contributed by atoms with Crippen molar-refractivity contribution in [3.63, 3.8) is 0 Å². The largest absolute Gasteiger partial charge is 0.490 e. The summed E-state index contributed by atoms with van der Waals surface area (Å²) in [5.74, 6) is -0.199. The molecule has 0 saturated heterocycles. The van der Waals surface area contributed by atoms with E-state index < -0.39 is 30.0 Å². The second-order valence-electron chi connectivity index (χ2n) is 5.66. The van der Waals surface area contributed by atoms with E-state index in [4.69, 9.17) is 25.8 Å². The Morgan fingerprint density at radius 3 is 2.52 bits per heavy atom. The Kier molecular flexibility index (Phi) is 5.65. The lowest BCUT2D eigenvalue weighted by atomic mass is 10.2. The molecule has 144 valence electrons. The number of halogens is 4. The van der Waals surface area contributed by atoms with Gasteiger partial charge in [-0.15, -0.1) is 0 Å². The van der Waals surface area contributed by atoms with Crippen LogP contribution in [0.3, 0.4) is 0 Å². The van der Waals surface area contributed by atoms with E-state index in [1.165, 1.54) is 24.3 Å². The highest BCUT2D eigenvalue weighted by Gasteiger charge is 2.34. The molecule has 0 aromatic heterocycles. The minimum Gasteiger partial charge on any atom is -0.490 e. The highest BCUT2D eigenvalue weighted by molar-refractivity contribution is 6.34. The van der Waals surface area contributed by atoms with Crippen LogP contribution in [0.2, 0.25) is 5.02 Å². The van der Waals surface area contributed by atoms with Crippen molar-refractivity contribution in [1.82, 2.24) is 0 Å². The summed E-state index contributed by atoms with van der Waals surface area (Å²) < 4.78 is 54.9. The van der Waals surface area contributed by atoms with Crippen molar-refractivity contribution in [3.05, 3.63) is 47.0 Å². The summed E-state index contributed by atoms with van der Waals surface area (Å²) >= 11 is 6.12. The van der Waals surface area contributed by atoms with Gasteiger partial charge in [0.1, 0.15) is 5.75 Å². The van der Waals surface area contributed by atoms with Crippen LogP contribution in [0, 0.1) is 0 Å². The van der Waals surface area contributed by atoms with Gasteiger partial charge in [0.15, 0.2) is 18.1 Å². The standard InChI is InChI=1S/C18H15ClF3NO4/c19-12-8-15-16(26-7-3-6-25-15)9-13(12)23-17(24)10-27-14-5-2-1-4-11(14)18(20,21)22/h1-2,4-5,8-9H,3,6-7,10H2,(H,23,24). The molecule has 5 nitrogen and oxygen atoms in total. The van der Waals surface area contributed by atoms with Crippen LogP contribution in [-0.4, -0.2) is 25.7 Å². The third-order valence-electron chi connectivity index (χ3n) is 3.66. The number of amides is 1. The van der Waals surface area contributed by atoms with Crippen molar-refractivity contribution in [1.29, 1.82) is 0 Å². The first-order valence-electron chi connectivity index (χ1n) is 8.02. The zero-order valence-electron chi connectivity index (χ0n) is 13.9. The van der Waals surface area contributed by atoms with Gasteiger partial charge in [0.25, 0.3) is 5.91 Å². The molecule has 0 spiro atoms. The first-order valence-corrected chi connectivity index (χ1v) is 8.40. The predicted octanol–water partition coefficient (Wildman–Crippen LogP) is 4.54. The summed E-state index contributed by atoms with van der Waals surface area (Å²) in [4.78, 5) is 12.1. The Hall–Kier alpha value is -2.61. The van der Waals surface area contributed by atoms with Gasteiger partial charge in [-0.25, -0.2) is 0 Å². The quantitative estimate of drug-likeness (QED) is 0.817. The summed E-state index contributed by atoms with van der Waals surface area (Å²) in [6, 6.07) is 7.68. The summed E-state index contributed by atoms with van der Waals surface area (Å²) in [6.45, 7) is 0.332. The first-order chi connectivity index (χ1) is 12.8. The molecule has 1 amide bonds. The molecule has 0 saturated carbocycles. The number of rotatable bonds is 4. The van der Waals surface area contributed by atoms with Crippen molar-refractivity contribution in [2.75, 3.05) is 25.1 Å². The molecule has 9 heteroatoms. The van der Waals surface area contributed by atoms with Crippen molar-refractivity contribution in [2.45, 2.75) is 12.6 Å². The van der Waals surface area contributed by atoms with E-state index in [1.54, 1.807) is 0 Å². The fourth-order valence-corrected chi connectivity index (χ4v) is 2.64. The van der Waals surface area contributed by atoms with E-state index in [0.29, 0.717) is 31.1 Å². The maximum absolute atomic E-state index is 12.9. The van der Waals surface area contributed by atoms with Crippen LogP contribution in [0.15, 0.2) is 36.4 Å². The zero-order chi connectivity index (χ0) is 19.4. The van der Waals surface area contributed by atoms with Crippen molar-refractivity contribution in [3.8, 4) is 17.2 Å². The molecule has 27 heavy (non-hydrogen) atoms. The number of carbonyl (C=O) groups excluding carboxylic acids is 1. The number of para-hydroxylation sites is 1. The number of hydrogen-bond acceptors (Lipinski definition) is 4.